The molecule has 4 heteroatoms. The van der Waals surface area contributed by atoms with Crippen molar-refractivity contribution in [3.8, 4) is 0 Å². The lowest BCUT2D eigenvalue weighted by Gasteiger charge is -2.31. The Morgan fingerprint density at radius 1 is 0.926 bits per heavy atom. The Bertz CT molecular complexity index is 707. The van der Waals surface area contributed by atoms with Crippen LogP contribution in [0.3, 0.4) is 0 Å². The van der Waals surface area contributed by atoms with Crippen LogP contribution < -0.4 is 16.2 Å². The molecule has 0 aliphatic carbocycles. The van der Waals surface area contributed by atoms with E-state index in [-0.39, 0.29) is 6.17 Å². The number of nitrogens with one attached hydrogen (secondary N) is 1. The smallest absolute Gasteiger partial charge is 0.150 e. The van der Waals surface area contributed by atoms with Gasteiger partial charge < -0.3 is 5.73 Å². The summed E-state index contributed by atoms with van der Waals surface area (Å²) in [7, 11) is 0. The summed E-state index contributed by atoms with van der Waals surface area (Å²) in [4.78, 5) is 10.7. The number of rotatable bonds is 11. The van der Waals surface area contributed by atoms with Gasteiger partial charge in [0.1, 0.15) is 6.29 Å². The van der Waals surface area contributed by atoms with Gasteiger partial charge in [0.15, 0.2) is 0 Å². The maximum Gasteiger partial charge on any atom is 0.150 e. The Morgan fingerprint density at radius 2 is 1.48 bits per heavy atom. The van der Waals surface area contributed by atoms with Crippen LogP contribution in [-0.4, -0.2) is 19.0 Å². The molecular weight excluding hydrogens is 334 g/mol. The largest absolute Gasteiger partial charge is 0.310 e. The van der Waals surface area contributed by atoms with Crippen molar-refractivity contribution >= 4 is 24.1 Å². The highest BCUT2D eigenvalue weighted by Crippen LogP contribution is 2.18. The van der Waals surface area contributed by atoms with Gasteiger partial charge in [-0.2, -0.15) is 0 Å². The molecule has 0 radical (unpaired) electrons. The van der Waals surface area contributed by atoms with E-state index in [0.29, 0.717) is 5.56 Å². The molecule has 0 amide bonds. The normalized spacial score (nSPS) is 12.3. The van der Waals surface area contributed by atoms with Crippen LogP contribution in [0.25, 0.3) is 12.2 Å². The summed E-state index contributed by atoms with van der Waals surface area (Å²) in [6, 6.07) is 15.9. The van der Waals surface area contributed by atoms with Crippen molar-refractivity contribution in [2.75, 3.05) is 11.6 Å². The second-order valence-corrected chi connectivity index (χ2v) is 6.70. The molecule has 0 bridgehead atoms. The number of carbonyl (C=O) groups excluding carboxylic acids is 1. The second kappa shape index (κ2) is 11.3. The molecule has 0 fully saturated rings. The molecule has 27 heavy (non-hydrogen) atoms. The number of nitrogens with two attached hydrogens (primary N) is 1. The number of unbranched alkanes of at least 4 members (excludes halogenated alkanes) is 1. The molecular formula is C23H31N3O. The zero-order valence-corrected chi connectivity index (χ0v) is 16.4. The number of hydrazine groups is 1. The number of nitrogens with zero attached hydrogens (tertiary/aromatic N) is 1. The monoisotopic (exact) mass is 365 g/mol. The minimum atomic E-state index is -0.0374. The molecule has 0 aliphatic rings. The van der Waals surface area contributed by atoms with Gasteiger partial charge in [0.25, 0.3) is 0 Å². The predicted octanol–water partition coefficient (Wildman–Crippen LogP) is 4.87. The molecule has 0 saturated carbocycles. The fourth-order valence-electron chi connectivity index (χ4n) is 2.83. The zero-order chi connectivity index (χ0) is 19.5. The Balaban J connectivity index is 2.07. The molecule has 1 atom stereocenters. The van der Waals surface area contributed by atoms with Crippen molar-refractivity contribution in [1.82, 2.24) is 5.43 Å². The summed E-state index contributed by atoms with van der Waals surface area (Å²) in [5.74, 6) is 0. The number of benzene rings is 2. The lowest BCUT2D eigenvalue weighted by molar-refractivity contribution is 0.112. The van der Waals surface area contributed by atoms with Crippen LogP contribution in [0.5, 0.6) is 0 Å². The highest BCUT2D eigenvalue weighted by Gasteiger charge is 2.13. The first-order valence-corrected chi connectivity index (χ1v) is 9.79. The van der Waals surface area contributed by atoms with Gasteiger partial charge in [0.05, 0.1) is 11.9 Å². The van der Waals surface area contributed by atoms with Gasteiger partial charge in [-0.05, 0) is 36.1 Å². The Hall–Kier alpha value is -2.43. The molecule has 0 aliphatic heterocycles. The van der Waals surface area contributed by atoms with Crippen LogP contribution in [0.4, 0.5) is 5.69 Å². The minimum absolute atomic E-state index is 0.0374. The lowest BCUT2D eigenvalue weighted by atomic mass is 10.1. The minimum Gasteiger partial charge on any atom is -0.310 e. The average molecular weight is 366 g/mol. The van der Waals surface area contributed by atoms with Crippen molar-refractivity contribution < 1.29 is 4.79 Å². The van der Waals surface area contributed by atoms with Crippen molar-refractivity contribution in [2.45, 2.75) is 45.7 Å². The first-order valence-electron chi connectivity index (χ1n) is 9.79. The quantitative estimate of drug-likeness (QED) is 0.196. The maximum atomic E-state index is 10.7. The molecule has 2 rings (SSSR count). The topological polar surface area (TPSA) is 58.4 Å². The van der Waals surface area contributed by atoms with E-state index in [1.165, 1.54) is 0 Å². The molecule has 0 aromatic heterocycles. The molecule has 3 N–H and O–H groups in total. The summed E-state index contributed by atoms with van der Waals surface area (Å²) in [5, 5.41) is 2.09. The van der Waals surface area contributed by atoms with E-state index in [0.717, 1.165) is 55.3 Å². The summed E-state index contributed by atoms with van der Waals surface area (Å²) in [6.07, 6.45) is 9.21. The van der Waals surface area contributed by atoms with E-state index in [9.17, 15) is 4.79 Å². The third kappa shape index (κ3) is 6.66. The Kier molecular flexibility index (Phi) is 8.75. The van der Waals surface area contributed by atoms with E-state index in [1.807, 2.05) is 30.3 Å². The fraction of sp³-hybridized carbons (Fsp3) is 0.348. The van der Waals surface area contributed by atoms with E-state index in [4.69, 9.17) is 5.73 Å². The number of aldehydes is 1. The van der Waals surface area contributed by atoms with E-state index in [2.05, 4.69) is 54.6 Å². The Morgan fingerprint density at radius 3 is 2.00 bits per heavy atom. The molecule has 2 aromatic rings. The van der Waals surface area contributed by atoms with Crippen LogP contribution in [0.1, 0.15) is 61.0 Å². The highest BCUT2D eigenvalue weighted by atomic mass is 16.1. The third-order valence-corrected chi connectivity index (χ3v) is 4.44. The summed E-state index contributed by atoms with van der Waals surface area (Å²) in [6.45, 7) is 5.26. The first kappa shape index (κ1) is 20.9. The first-order chi connectivity index (χ1) is 13.2. The van der Waals surface area contributed by atoms with Crippen molar-refractivity contribution in [1.29, 1.82) is 0 Å². The molecule has 4 nitrogen and oxygen atoms in total. The van der Waals surface area contributed by atoms with Gasteiger partial charge in [0, 0.05) is 12.1 Å². The summed E-state index contributed by atoms with van der Waals surface area (Å²) >= 11 is 0. The molecule has 0 spiro atoms. The molecule has 2 aromatic carbocycles. The number of hydrogen-bond donors (Lipinski definition) is 2. The van der Waals surface area contributed by atoms with Gasteiger partial charge in [-0.3, -0.25) is 9.80 Å². The van der Waals surface area contributed by atoms with Crippen LogP contribution in [-0.2, 0) is 0 Å². The highest BCUT2D eigenvalue weighted by molar-refractivity contribution is 5.76. The predicted molar refractivity (Wildman–Crippen MR) is 115 cm³/mol. The van der Waals surface area contributed by atoms with Crippen molar-refractivity contribution in [2.24, 2.45) is 5.73 Å². The van der Waals surface area contributed by atoms with Crippen LogP contribution in [0.15, 0.2) is 48.5 Å². The molecule has 1 unspecified atom stereocenters. The van der Waals surface area contributed by atoms with E-state index in [1.54, 1.807) is 0 Å². The van der Waals surface area contributed by atoms with Gasteiger partial charge in [0.2, 0.25) is 0 Å². The van der Waals surface area contributed by atoms with Gasteiger partial charge >= 0.3 is 0 Å². The molecule has 0 heterocycles. The zero-order valence-electron chi connectivity index (χ0n) is 16.4. The lowest BCUT2D eigenvalue weighted by Crippen LogP contribution is -2.51. The van der Waals surface area contributed by atoms with Gasteiger partial charge in [-0.1, -0.05) is 75.2 Å². The van der Waals surface area contributed by atoms with Crippen molar-refractivity contribution in [3.63, 3.8) is 0 Å². The van der Waals surface area contributed by atoms with Crippen LogP contribution in [0.2, 0.25) is 0 Å². The summed E-state index contributed by atoms with van der Waals surface area (Å²) < 4.78 is 0. The van der Waals surface area contributed by atoms with Crippen LogP contribution >= 0.6 is 0 Å². The second-order valence-electron chi connectivity index (χ2n) is 6.70. The van der Waals surface area contributed by atoms with E-state index >= 15 is 0 Å². The maximum absolute atomic E-state index is 10.7. The van der Waals surface area contributed by atoms with Gasteiger partial charge in [-0.25, -0.2) is 5.43 Å². The number of carbonyl (C=O) groups is 1. The SMILES string of the molecule is CCCCNN(c1ccc(/C=C/c2ccc(C=O)cc2)cc1)C(N)CCC. The van der Waals surface area contributed by atoms with Gasteiger partial charge in [-0.15, -0.1) is 0 Å². The van der Waals surface area contributed by atoms with Crippen LogP contribution in [0, 0.1) is 0 Å². The average Bonchev–Trinajstić information content (AvgIpc) is 2.71. The van der Waals surface area contributed by atoms with E-state index < -0.39 is 0 Å². The Labute approximate surface area is 163 Å². The third-order valence-electron chi connectivity index (χ3n) is 4.44. The number of anilines is 1. The van der Waals surface area contributed by atoms with Crippen molar-refractivity contribution in [3.05, 3.63) is 65.2 Å². The number of hydrogen-bond acceptors (Lipinski definition) is 4. The molecule has 144 valence electrons. The molecule has 0 saturated heterocycles. The summed E-state index contributed by atoms with van der Waals surface area (Å²) in [5.41, 5.74) is 13.8. The standard InChI is InChI=1S/C23H31N3O/c1-3-5-17-25-26(23(24)6-4-2)22-15-13-20(14-16-22)8-7-19-9-11-21(18-27)12-10-19/h7-16,18,23,25H,3-6,17,24H2,1-2H3/b8-7+. The fourth-order valence-corrected chi connectivity index (χ4v) is 2.83.